The van der Waals surface area contributed by atoms with Gasteiger partial charge in [0.1, 0.15) is 17.9 Å². The fraction of sp³-hybridized carbons (Fsp3) is 0.533. The molecule has 7 nitrogen and oxygen atoms in total. The molecule has 0 bridgehead atoms. The molecule has 1 aliphatic carbocycles. The molecule has 0 unspecified atom stereocenters. The number of aliphatic hydroxyl groups is 1. The van der Waals surface area contributed by atoms with Crippen LogP contribution >= 0.6 is 0 Å². The Morgan fingerprint density at radius 1 is 1.36 bits per heavy atom. The Morgan fingerprint density at radius 3 is 2.59 bits per heavy atom. The Bertz CT molecular complexity index is 577. The lowest BCUT2D eigenvalue weighted by Gasteiger charge is -2.26. The van der Waals surface area contributed by atoms with Crippen LogP contribution in [0.4, 0.5) is 0 Å². The van der Waals surface area contributed by atoms with Crippen molar-refractivity contribution in [2.45, 2.75) is 31.3 Å². The predicted molar refractivity (Wildman–Crippen MR) is 74.3 cm³/mol. The summed E-state index contributed by atoms with van der Waals surface area (Å²) in [5, 5.41) is 13.4. The van der Waals surface area contributed by atoms with Crippen LogP contribution in [0.1, 0.15) is 31.4 Å². The van der Waals surface area contributed by atoms with Crippen molar-refractivity contribution in [1.82, 2.24) is 10.2 Å². The largest absolute Gasteiger partial charge is 0.466 e. The van der Waals surface area contributed by atoms with E-state index in [2.05, 4.69) is 5.32 Å². The average molecular weight is 306 g/mol. The number of hydrogen-bond acceptors (Lipinski definition) is 5. The maximum atomic E-state index is 12.0. The minimum Gasteiger partial charge on any atom is -0.466 e. The van der Waals surface area contributed by atoms with Gasteiger partial charge in [0.2, 0.25) is 17.7 Å². The topological polar surface area (TPSA) is 99.9 Å². The van der Waals surface area contributed by atoms with E-state index in [0.29, 0.717) is 5.76 Å². The highest BCUT2D eigenvalue weighted by molar-refractivity contribution is 6.04. The minimum atomic E-state index is -1.24. The molecule has 2 fully saturated rings. The van der Waals surface area contributed by atoms with Crippen molar-refractivity contribution in [3.05, 3.63) is 24.2 Å². The molecule has 1 aromatic rings. The summed E-state index contributed by atoms with van der Waals surface area (Å²) in [6.45, 7) is -0.295. The monoisotopic (exact) mass is 306 g/mol. The number of carbonyl (C=O) groups is 3. The maximum absolute atomic E-state index is 12.0. The zero-order chi connectivity index (χ0) is 15.7. The van der Waals surface area contributed by atoms with Crippen LogP contribution in [0, 0.1) is 5.92 Å². The van der Waals surface area contributed by atoms with Gasteiger partial charge in [0.05, 0.1) is 12.8 Å². The second-order valence-electron chi connectivity index (χ2n) is 5.83. The van der Waals surface area contributed by atoms with Crippen molar-refractivity contribution in [1.29, 1.82) is 0 Å². The first-order valence-electron chi connectivity index (χ1n) is 7.37. The molecule has 2 N–H and O–H groups in total. The van der Waals surface area contributed by atoms with Crippen LogP contribution in [0.3, 0.4) is 0 Å². The molecule has 1 atom stereocenters. The summed E-state index contributed by atoms with van der Waals surface area (Å²) >= 11 is 0. The van der Waals surface area contributed by atoms with Gasteiger partial charge in [0.15, 0.2) is 0 Å². The van der Waals surface area contributed by atoms with Crippen LogP contribution in [-0.2, 0) is 20.0 Å². The number of carbonyl (C=O) groups excluding carboxylic acids is 3. The Kier molecular flexibility index (Phi) is 3.74. The zero-order valence-electron chi connectivity index (χ0n) is 12.1. The lowest BCUT2D eigenvalue weighted by atomic mass is 9.94. The second-order valence-corrected chi connectivity index (χ2v) is 5.83. The van der Waals surface area contributed by atoms with E-state index in [-0.39, 0.29) is 43.7 Å². The molecule has 0 aromatic carbocycles. The van der Waals surface area contributed by atoms with Crippen LogP contribution in [0.15, 0.2) is 22.8 Å². The van der Waals surface area contributed by atoms with Crippen LogP contribution < -0.4 is 5.32 Å². The fourth-order valence-corrected chi connectivity index (χ4v) is 2.75. The van der Waals surface area contributed by atoms with Crippen molar-refractivity contribution < 1.29 is 23.9 Å². The molecule has 1 aromatic heterocycles. The highest BCUT2D eigenvalue weighted by atomic mass is 16.4. The first kappa shape index (κ1) is 14.8. The van der Waals surface area contributed by atoms with Crippen molar-refractivity contribution in [2.24, 2.45) is 5.92 Å². The molecule has 1 saturated carbocycles. The van der Waals surface area contributed by atoms with Crippen LogP contribution in [0.2, 0.25) is 0 Å². The SMILES string of the molecule is O=C(CN1C(=O)CCC1=O)NC[C@@](O)(c1ccco1)C1CC1. The van der Waals surface area contributed by atoms with Crippen molar-refractivity contribution in [3.63, 3.8) is 0 Å². The smallest absolute Gasteiger partial charge is 0.240 e. The number of rotatable bonds is 6. The summed E-state index contributed by atoms with van der Waals surface area (Å²) in [6.07, 6.45) is 3.54. The number of imide groups is 1. The van der Waals surface area contributed by atoms with E-state index in [1.54, 1.807) is 12.1 Å². The number of amides is 3. The van der Waals surface area contributed by atoms with Crippen molar-refractivity contribution in [2.75, 3.05) is 13.1 Å². The zero-order valence-corrected chi connectivity index (χ0v) is 12.1. The highest BCUT2D eigenvalue weighted by Gasteiger charge is 2.47. The first-order chi connectivity index (χ1) is 10.5. The van der Waals surface area contributed by atoms with Gasteiger partial charge in [-0.15, -0.1) is 0 Å². The van der Waals surface area contributed by atoms with Crippen LogP contribution in [0.25, 0.3) is 0 Å². The van der Waals surface area contributed by atoms with Gasteiger partial charge >= 0.3 is 0 Å². The van der Waals surface area contributed by atoms with E-state index in [0.717, 1.165) is 17.7 Å². The number of likely N-dealkylation sites (tertiary alicyclic amines) is 1. The molecule has 0 radical (unpaired) electrons. The van der Waals surface area contributed by atoms with Crippen LogP contribution in [0.5, 0.6) is 0 Å². The average Bonchev–Trinajstić information content (AvgIpc) is 3.13. The normalized spacial score (nSPS) is 21.0. The van der Waals surface area contributed by atoms with Gasteiger partial charge in [-0.3, -0.25) is 19.3 Å². The summed E-state index contributed by atoms with van der Waals surface area (Å²) in [4.78, 5) is 35.9. The molecule has 3 amide bonds. The lowest BCUT2D eigenvalue weighted by molar-refractivity contribution is -0.142. The highest BCUT2D eigenvalue weighted by Crippen LogP contribution is 2.45. The van der Waals surface area contributed by atoms with E-state index in [4.69, 9.17) is 4.42 Å². The van der Waals surface area contributed by atoms with E-state index >= 15 is 0 Å². The molecule has 7 heteroatoms. The first-order valence-corrected chi connectivity index (χ1v) is 7.37. The molecular formula is C15H18N2O5. The summed E-state index contributed by atoms with van der Waals surface area (Å²) < 4.78 is 5.28. The van der Waals surface area contributed by atoms with Gasteiger partial charge in [0.25, 0.3) is 0 Å². The lowest BCUT2D eigenvalue weighted by Crippen LogP contribution is -2.46. The Labute approximate surface area is 127 Å². The molecule has 118 valence electrons. The molecule has 22 heavy (non-hydrogen) atoms. The molecule has 0 spiro atoms. The number of furan rings is 1. The third-order valence-corrected chi connectivity index (χ3v) is 4.21. The van der Waals surface area contributed by atoms with Gasteiger partial charge in [-0.25, -0.2) is 0 Å². The van der Waals surface area contributed by atoms with Crippen molar-refractivity contribution >= 4 is 17.7 Å². The van der Waals surface area contributed by atoms with Gasteiger partial charge in [-0.05, 0) is 30.9 Å². The minimum absolute atomic E-state index is 0.000232. The second kappa shape index (κ2) is 5.57. The number of nitrogens with zero attached hydrogens (tertiary/aromatic N) is 1. The standard InChI is InChI=1S/C15H18N2O5/c18-12(8-17-13(19)5-6-14(17)20)16-9-15(21,10-3-4-10)11-2-1-7-22-11/h1-2,7,10,21H,3-6,8-9H2,(H,16,18)/t15-/m0/s1. The predicted octanol–water partition coefficient (Wildman–Crippen LogP) is 0.142. The number of nitrogens with one attached hydrogen (secondary N) is 1. The molecule has 3 rings (SSSR count). The summed E-state index contributed by atoms with van der Waals surface area (Å²) in [6, 6.07) is 3.37. The Hall–Kier alpha value is -2.15. The van der Waals surface area contributed by atoms with Crippen LogP contribution in [-0.4, -0.2) is 40.8 Å². The maximum Gasteiger partial charge on any atom is 0.240 e. The Balaban J connectivity index is 1.60. The third kappa shape index (κ3) is 2.76. The summed E-state index contributed by atoms with van der Waals surface area (Å²) in [7, 11) is 0. The molecular weight excluding hydrogens is 288 g/mol. The van der Waals surface area contributed by atoms with E-state index in [9.17, 15) is 19.5 Å². The molecule has 1 aliphatic heterocycles. The van der Waals surface area contributed by atoms with Gasteiger partial charge in [-0.2, -0.15) is 0 Å². The van der Waals surface area contributed by atoms with Gasteiger partial charge in [-0.1, -0.05) is 0 Å². The number of hydrogen-bond donors (Lipinski definition) is 2. The Morgan fingerprint density at radius 2 is 2.05 bits per heavy atom. The van der Waals surface area contributed by atoms with E-state index < -0.39 is 11.5 Å². The quantitative estimate of drug-likeness (QED) is 0.728. The van der Waals surface area contributed by atoms with Gasteiger partial charge in [0, 0.05) is 12.8 Å². The van der Waals surface area contributed by atoms with E-state index in [1.807, 2.05) is 0 Å². The molecule has 2 heterocycles. The molecule has 1 saturated heterocycles. The fourth-order valence-electron chi connectivity index (χ4n) is 2.75. The third-order valence-electron chi connectivity index (χ3n) is 4.21. The molecule has 2 aliphatic rings. The van der Waals surface area contributed by atoms with Gasteiger partial charge < -0.3 is 14.8 Å². The van der Waals surface area contributed by atoms with E-state index in [1.165, 1.54) is 6.26 Å². The summed E-state index contributed by atoms with van der Waals surface area (Å²) in [5.74, 6) is -0.654. The van der Waals surface area contributed by atoms with Crippen molar-refractivity contribution in [3.8, 4) is 0 Å². The summed E-state index contributed by atoms with van der Waals surface area (Å²) in [5.41, 5.74) is -1.24.